The summed E-state index contributed by atoms with van der Waals surface area (Å²) in [5, 5.41) is 12.2. The first-order chi connectivity index (χ1) is 9.03. The topological polar surface area (TPSA) is 69.6 Å². The van der Waals surface area contributed by atoms with Crippen molar-refractivity contribution >= 4 is 12.0 Å². The van der Waals surface area contributed by atoms with Crippen LogP contribution in [0.1, 0.15) is 45.4 Å². The number of amides is 2. The lowest BCUT2D eigenvalue weighted by molar-refractivity contribution is -0.145. The van der Waals surface area contributed by atoms with Gasteiger partial charge in [0.1, 0.15) is 5.54 Å². The Morgan fingerprint density at radius 3 is 2.58 bits per heavy atom. The van der Waals surface area contributed by atoms with Crippen molar-refractivity contribution in [2.24, 2.45) is 0 Å². The number of carbonyl (C=O) groups is 2. The summed E-state index contributed by atoms with van der Waals surface area (Å²) in [5.41, 5.74) is 0.110. The molecule has 1 saturated carbocycles. The fraction of sp³-hybridized carbons (Fsp3) is 0.714. The molecule has 106 valence electrons. The molecule has 1 aliphatic heterocycles. The van der Waals surface area contributed by atoms with Crippen LogP contribution in [-0.4, -0.2) is 40.6 Å². The first kappa shape index (κ1) is 13.9. The minimum atomic E-state index is -1.05. The number of rotatable bonds is 2. The van der Waals surface area contributed by atoms with Gasteiger partial charge in [0, 0.05) is 13.1 Å². The van der Waals surface area contributed by atoms with E-state index in [4.69, 9.17) is 0 Å². The van der Waals surface area contributed by atoms with Gasteiger partial charge in [0.05, 0.1) is 0 Å². The molecule has 5 nitrogen and oxygen atoms in total. The molecule has 1 fully saturated rings. The van der Waals surface area contributed by atoms with Crippen LogP contribution in [0.25, 0.3) is 0 Å². The lowest BCUT2D eigenvalue weighted by Crippen LogP contribution is -2.59. The normalized spacial score (nSPS) is 22.6. The highest BCUT2D eigenvalue weighted by Gasteiger charge is 2.41. The van der Waals surface area contributed by atoms with Gasteiger partial charge in [-0.1, -0.05) is 30.9 Å². The number of carboxylic acids is 1. The van der Waals surface area contributed by atoms with E-state index in [9.17, 15) is 14.7 Å². The van der Waals surface area contributed by atoms with Gasteiger partial charge < -0.3 is 15.3 Å². The number of urea groups is 1. The summed E-state index contributed by atoms with van der Waals surface area (Å²) in [6.45, 7) is 3.26. The Kier molecular flexibility index (Phi) is 4.12. The minimum absolute atomic E-state index is 0.239. The average Bonchev–Trinajstić information content (AvgIpc) is 2.39. The maximum absolute atomic E-state index is 12.2. The molecule has 2 N–H and O–H groups in total. The summed E-state index contributed by atoms with van der Waals surface area (Å²) in [6.07, 6.45) is 6.83. The molecule has 5 heteroatoms. The Morgan fingerprint density at radius 2 is 2.00 bits per heavy atom. The van der Waals surface area contributed by atoms with Gasteiger partial charge in [-0.25, -0.2) is 9.59 Å². The molecule has 19 heavy (non-hydrogen) atoms. The highest BCUT2D eigenvalue weighted by atomic mass is 16.4. The van der Waals surface area contributed by atoms with Crippen LogP contribution >= 0.6 is 0 Å². The molecule has 0 radical (unpaired) electrons. The van der Waals surface area contributed by atoms with Crippen molar-refractivity contribution in [3.8, 4) is 0 Å². The quantitative estimate of drug-likeness (QED) is 0.752. The zero-order valence-electron chi connectivity index (χ0n) is 11.4. The second-order valence-corrected chi connectivity index (χ2v) is 5.64. The summed E-state index contributed by atoms with van der Waals surface area (Å²) >= 11 is 0. The molecule has 0 unspecified atom stereocenters. The van der Waals surface area contributed by atoms with Gasteiger partial charge in [0.2, 0.25) is 0 Å². The van der Waals surface area contributed by atoms with Gasteiger partial charge in [-0.3, -0.25) is 0 Å². The number of carbonyl (C=O) groups excluding carboxylic acids is 1. The van der Waals surface area contributed by atoms with Crippen molar-refractivity contribution in [3.63, 3.8) is 0 Å². The molecule has 2 amide bonds. The van der Waals surface area contributed by atoms with Crippen LogP contribution in [0.4, 0.5) is 4.79 Å². The fourth-order valence-corrected chi connectivity index (χ4v) is 2.92. The van der Waals surface area contributed by atoms with Crippen molar-refractivity contribution in [1.82, 2.24) is 10.2 Å². The van der Waals surface area contributed by atoms with Gasteiger partial charge in [-0.2, -0.15) is 0 Å². The van der Waals surface area contributed by atoms with Crippen LogP contribution in [0, 0.1) is 0 Å². The SMILES string of the molecule is CC1=CCCN(C(=O)NC2(C(=O)O)CCCCC2)C1. The second kappa shape index (κ2) is 5.63. The lowest BCUT2D eigenvalue weighted by Gasteiger charge is -2.36. The zero-order valence-corrected chi connectivity index (χ0v) is 11.4. The van der Waals surface area contributed by atoms with Crippen LogP contribution in [0.5, 0.6) is 0 Å². The van der Waals surface area contributed by atoms with E-state index < -0.39 is 11.5 Å². The molecule has 2 rings (SSSR count). The molecule has 0 atom stereocenters. The van der Waals surface area contributed by atoms with Crippen molar-refractivity contribution < 1.29 is 14.7 Å². The highest BCUT2D eigenvalue weighted by Crippen LogP contribution is 2.29. The third kappa shape index (κ3) is 3.08. The van der Waals surface area contributed by atoms with E-state index >= 15 is 0 Å². The number of nitrogens with one attached hydrogen (secondary N) is 1. The Morgan fingerprint density at radius 1 is 1.32 bits per heavy atom. The second-order valence-electron chi connectivity index (χ2n) is 5.64. The minimum Gasteiger partial charge on any atom is -0.480 e. The molecular formula is C14H22N2O3. The van der Waals surface area contributed by atoms with E-state index in [0.29, 0.717) is 25.9 Å². The van der Waals surface area contributed by atoms with Crippen LogP contribution in [0.2, 0.25) is 0 Å². The number of carboxylic acid groups (broad SMARTS) is 1. The average molecular weight is 266 g/mol. The molecule has 0 saturated heterocycles. The van der Waals surface area contributed by atoms with Crippen LogP contribution < -0.4 is 5.32 Å². The fourth-order valence-electron chi connectivity index (χ4n) is 2.92. The first-order valence-electron chi connectivity index (χ1n) is 7.00. The zero-order chi connectivity index (χ0) is 13.9. The summed E-state index contributed by atoms with van der Waals surface area (Å²) < 4.78 is 0. The monoisotopic (exact) mass is 266 g/mol. The van der Waals surface area contributed by atoms with Crippen molar-refractivity contribution in [3.05, 3.63) is 11.6 Å². The summed E-state index contributed by atoms with van der Waals surface area (Å²) in [5.74, 6) is -0.898. The first-order valence-corrected chi connectivity index (χ1v) is 7.00. The molecule has 1 heterocycles. The van der Waals surface area contributed by atoms with E-state index in [1.54, 1.807) is 4.90 Å². The molecule has 0 spiro atoms. The molecule has 0 aromatic rings. The molecule has 2 aliphatic rings. The molecule has 0 aromatic carbocycles. The van der Waals surface area contributed by atoms with Crippen molar-refractivity contribution in [2.45, 2.75) is 51.0 Å². The van der Waals surface area contributed by atoms with Crippen LogP contribution in [0.3, 0.4) is 0 Å². The summed E-state index contributed by atoms with van der Waals surface area (Å²) in [4.78, 5) is 25.5. The standard InChI is InChI=1S/C14H22N2O3/c1-11-6-5-9-16(10-11)13(19)15-14(12(17)18)7-3-2-4-8-14/h6H,2-5,7-10H2,1H3,(H,15,19)(H,17,18). The van der Waals surface area contributed by atoms with Gasteiger partial charge in [0.25, 0.3) is 0 Å². The Balaban J connectivity index is 2.03. The van der Waals surface area contributed by atoms with E-state index in [2.05, 4.69) is 11.4 Å². The van der Waals surface area contributed by atoms with E-state index in [1.165, 1.54) is 0 Å². The van der Waals surface area contributed by atoms with E-state index in [-0.39, 0.29) is 6.03 Å². The number of hydrogen-bond acceptors (Lipinski definition) is 2. The smallest absolute Gasteiger partial charge is 0.329 e. The Bertz CT molecular complexity index is 397. The number of nitrogens with zero attached hydrogens (tertiary/aromatic N) is 1. The highest BCUT2D eigenvalue weighted by molar-refractivity contribution is 5.86. The Hall–Kier alpha value is -1.52. The van der Waals surface area contributed by atoms with Crippen LogP contribution in [-0.2, 0) is 4.79 Å². The van der Waals surface area contributed by atoms with Gasteiger partial charge in [0.15, 0.2) is 0 Å². The predicted octanol–water partition coefficient (Wildman–Crippen LogP) is 2.14. The van der Waals surface area contributed by atoms with Crippen molar-refractivity contribution in [1.29, 1.82) is 0 Å². The Labute approximate surface area is 113 Å². The van der Waals surface area contributed by atoms with Crippen LogP contribution in [0.15, 0.2) is 11.6 Å². The molecule has 0 aromatic heterocycles. The number of aliphatic carboxylic acids is 1. The van der Waals surface area contributed by atoms with E-state index in [1.807, 2.05) is 6.92 Å². The van der Waals surface area contributed by atoms with Gasteiger partial charge in [-0.05, 0) is 26.2 Å². The maximum Gasteiger partial charge on any atom is 0.329 e. The third-order valence-electron chi connectivity index (χ3n) is 4.08. The molecule has 0 bridgehead atoms. The number of hydrogen-bond donors (Lipinski definition) is 2. The lowest BCUT2D eigenvalue weighted by atomic mass is 9.82. The maximum atomic E-state index is 12.2. The van der Waals surface area contributed by atoms with Crippen molar-refractivity contribution in [2.75, 3.05) is 13.1 Å². The summed E-state index contributed by atoms with van der Waals surface area (Å²) in [7, 11) is 0. The predicted molar refractivity (Wildman–Crippen MR) is 71.9 cm³/mol. The molecule has 1 aliphatic carbocycles. The van der Waals surface area contributed by atoms with E-state index in [0.717, 1.165) is 31.3 Å². The largest absolute Gasteiger partial charge is 0.480 e. The molecular weight excluding hydrogens is 244 g/mol. The van der Waals surface area contributed by atoms with Gasteiger partial charge in [-0.15, -0.1) is 0 Å². The third-order valence-corrected chi connectivity index (χ3v) is 4.08. The summed E-state index contributed by atoms with van der Waals surface area (Å²) in [6, 6.07) is -0.239. The van der Waals surface area contributed by atoms with Gasteiger partial charge >= 0.3 is 12.0 Å².